The van der Waals surface area contributed by atoms with Gasteiger partial charge in [-0.2, -0.15) is 9.29 Å². The standard InChI is InChI=1S/C17H20ClN3O4S/c1-12-3-4-13(18)11-15(12)26(22,23)21-9-6-14(7-10-21)25-16-5-8-19-17(20-16)24-2/h3-5,8,11,14H,6-7,9-10H2,1-2H3. The minimum atomic E-state index is -3.57. The molecule has 1 fully saturated rings. The number of halogens is 1. The third-order valence-corrected chi connectivity index (χ3v) is 6.52. The van der Waals surface area contributed by atoms with Gasteiger partial charge in [-0.25, -0.2) is 13.4 Å². The number of benzene rings is 1. The van der Waals surface area contributed by atoms with Gasteiger partial charge in [0.1, 0.15) is 6.10 Å². The molecule has 0 radical (unpaired) electrons. The number of aromatic nitrogens is 2. The number of hydrogen-bond donors (Lipinski definition) is 0. The maximum atomic E-state index is 12.9. The number of aryl methyl sites for hydroxylation is 1. The van der Waals surface area contributed by atoms with E-state index in [9.17, 15) is 8.42 Å². The van der Waals surface area contributed by atoms with Crippen LogP contribution in [0.15, 0.2) is 35.4 Å². The molecule has 0 N–H and O–H groups in total. The molecule has 0 amide bonds. The van der Waals surface area contributed by atoms with Crippen molar-refractivity contribution in [3.05, 3.63) is 41.0 Å². The average Bonchev–Trinajstić information content (AvgIpc) is 2.64. The first-order chi connectivity index (χ1) is 12.4. The normalized spacial score (nSPS) is 16.4. The van der Waals surface area contributed by atoms with E-state index in [1.54, 1.807) is 31.3 Å². The molecule has 1 aliphatic rings. The molecule has 0 atom stereocenters. The molecule has 0 aliphatic carbocycles. The van der Waals surface area contributed by atoms with Crippen molar-refractivity contribution in [2.45, 2.75) is 30.8 Å². The van der Waals surface area contributed by atoms with E-state index >= 15 is 0 Å². The van der Waals surface area contributed by atoms with Gasteiger partial charge in [-0.15, -0.1) is 0 Å². The largest absolute Gasteiger partial charge is 0.474 e. The highest BCUT2D eigenvalue weighted by Crippen LogP contribution is 2.27. The summed E-state index contributed by atoms with van der Waals surface area (Å²) in [6.07, 6.45) is 2.60. The smallest absolute Gasteiger partial charge is 0.319 e. The van der Waals surface area contributed by atoms with Gasteiger partial charge in [0.25, 0.3) is 0 Å². The van der Waals surface area contributed by atoms with Crippen molar-refractivity contribution in [1.29, 1.82) is 0 Å². The minimum absolute atomic E-state index is 0.110. The lowest BCUT2D eigenvalue weighted by molar-refractivity contribution is 0.128. The van der Waals surface area contributed by atoms with Gasteiger partial charge in [-0.05, 0) is 37.5 Å². The quantitative estimate of drug-likeness (QED) is 0.771. The van der Waals surface area contributed by atoms with Crippen LogP contribution in [0.5, 0.6) is 11.9 Å². The first kappa shape index (κ1) is 18.9. The van der Waals surface area contributed by atoms with E-state index in [1.165, 1.54) is 17.5 Å². The number of methoxy groups -OCH3 is 1. The number of sulfonamides is 1. The zero-order valence-electron chi connectivity index (χ0n) is 14.6. The lowest BCUT2D eigenvalue weighted by Gasteiger charge is -2.31. The molecule has 9 heteroatoms. The molecule has 2 aromatic rings. The van der Waals surface area contributed by atoms with Crippen molar-refractivity contribution in [2.24, 2.45) is 0 Å². The summed E-state index contributed by atoms with van der Waals surface area (Å²) in [6.45, 7) is 2.52. The highest BCUT2D eigenvalue weighted by molar-refractivity contribution is 7.89. The summed E-state index contributed by atoms with van der Waals surface area (Å²) in [5, 5.41) is 0.408. The second-order valence-electron chi connectivity index (χ2n) is 6.01. The average molecular weight is 398 g/mol. The molecule has 0 unspecified atom stereocenters. The van der Waals surface area contributed by atoms with Crippen molar-refractivity contribution >= 4 is 21.6 Å². The second-order valence-corrected chi connectivity index (χ2v) is 8.36. The van der Waals surface area contributed by atoms with Gasteiger partial charge >= 0.3 is 6.01 Å². The fraction of sp³-hybridized carbons (Fsp3) is 0.412. The Kier molecular flexibility index (Phi) is 5.64. The topological polar surface area (TPSA) is 81.6 Å². The second kappa shape index (κ2) is 7.77. The van der Waals surface area contributed by atoms with E-state index in [2.05, 4.69) is 9.97 Å². The SMILES string of the molecule is COc1nccc(OC2CCN(S(=O)(=O)c3cc(Cl)ccc3C)CC2)n1. The monoisotopic (exact) mass is 397 g/mol. The van der Waals surface area contributed by atoms with Crippen LogP contribution in [0, 0.1) is 6.92 Å². The van der Waals surface area contributed by atoms with E-state index in [0.29, 0.717) is 42.4 Å². The van der Waals surface area contributed by atoms with Crippen LogP contribution in [0.25, 0.3) is 0 Å². The van der Waals surface area contributed by atoms with Crippen molar-refractivity contribution in [3.8, 4) is 11.9 Å². The highest BCUT2D eigenvalue weighted by Gasteiger charge is 2.31. The molecule has 140 valence electrons. The third-order valence-electron chi connectivity index (χ3n) is 4.25. The summed E-state index contributed by atoms with van der Waals surface area (Å²) in [4.78, 5) is 8.31. The van der Waals surface area contributed by atoms with Crippen LogP contribution in [-0.4, -0.2) is 49.0 Å². The first-order valence-corrected chi connectivity index (χ1v) is 10.0. The summed E-state index contributed by atoms with van der Waals surface area (Å²) in [7, 11) is -2.09. The number of rotatable bonds is 5. The Balaban J connectivity index is 1.67. The summed E-state index contributed by atoms with van der Waals surface area (Å²) in [6, 6.07) is 6.79. The van der Waals surface area contributed by atoms with E-state index in [1.807, 2.05) is 0 Å². The molecule has 0 spiro atoms. The maximum Gasteiger partial charge on any atom is 0.319 e. The molecule has 7 nitrogen and oxygen atoms in total. The number of nitrogens with zero attached hydrogens (tertiary/aromatic N) is 3. The Morgan fingerprint density at radius 1 is 1.23 bits per heavy atom. The molecule has 0 saturated carbocycles. The van der Waals surface area contributed by atoms with Gasteiger partial charge < -0.3 is 9.47 Å². The molecule has 26 heavy (non-hydrogen) atoms. The lowest BCUT2D eigenvalue weighted by atomic mass is 10.1. The van der Waals surface area contributed by atoms with Crippen molar-refractivity contribution in [2.75, 3.05) is 20.2 Å². The van der Waals surface area contributed by atoms with Crippen molar-refractivity contribution in [1.82, 2.24) is 14.3 Å². The van der Waals surface area contributed by atoms with Crippen LogP contribution in [-0.2, 0) is 10.0 Å². The predicted molar refractivity (Wildman–Crippen MR) is 97.2 cm³/mol. The first-order valence-electron chi connectivity index (χ1n) is 8.20. The van der Waals surface area contributed by atoms with Gasteiger partial charge in [0, 0.05) is 30.4 Å². The molecule has 2 heterocycles. The number of hydrogen-bond acceptors (Lipinski definition) is 6. The van der Waals surface area contributed by atoms with E-state index in [4.69, 9.17) is 21.1 Å². The Morgan fingerprint density at radius 3 is 2.65 bits per heavy atom. The summed E-state index contributed by atoms with van der Waals surface area (Å²) in [5.41, 5.74) is 0.681. The van der Waals surface area contributed by atoms with Crippen LogP contribution in [0.4, 0.5) is 0 Å². The zero-order chi connectivity index (χ0) is 18.7. The fourth-order valence-corrected chi connectivity index (χ4v) is 4.80. The molecule has 0 bridgehead atoms. The van der Waals surface area contributed by atoms with Crippen LogP contribution in [0.1, 0.15) is 18.4 Å². The molecule has 1 aromatic heterocycles. The van der Waals surface area contributed by atoms with E-state index in [0.717, 1.165) is 0 Å². The Labute approximate surface area is 158 Å². The number of piperidine rings is 1. The van der Waals surface area contributed by atoms with Gasteiger partial charge in [-0.1, -0.05) is 17.7 Å². The molecule has 1 saturated heterocycles. The molecular formula is C17H20ClN3O4S. The van der Waals surface area contributed by atoms with Crippen LogP contribution in [0.2, 0.25) is 5.02 Å². The number of ether oxygens (including phenoxy) is 2. The third kappa shape index (κ3) is 4.08. The molecule has 1 aromatic carbocycles. The van der Waals surface area contributed by atoms with Gasteiger partial charge in [0.15, 0.2) is 0 Å². The predicted octanol–water partition coefficient (Wildman–Crippen LogP) is 2.68. The van der Waals surface area contributed by atoms with Crippen LogP contribution >= 0.6 is 11.6 Å². The summed E-state index contributed by atoms with van der Waals surface area (Å²) in [5.74, 6) is 0.420. The zero-order valence-corrected chi connectivity index (χ0v) is 16.1. The van der Waals surface area contributed by atoms with Crippen LogP contribution in [0.3, 0.4) is 0 Å². The lowest BCUT2D eigenvalue weighted by Crippen LogP contribution is -2.42. The van der Waals surface area contributed by atoms with Crippen molar-refractivity contribution < 1.29 is 17.9 Å². The summed E-state index contributed by atoms with van der Waals surface area (Å²) >= 11 is 5.97. The molecule has 3 rings (SSSR count). The Bertz CT molecular complexity index is 883. The highest BCUT2D eigenvalue weighted by atomic mass is 35.5. The van der Waals surface area contributed by atoms with E-state index in [-0.39, 0.29) is 17.0 Å². The van der Waals surface area contributed by atoms with Crippen LogP contribution < -0.4 is 9.47 Å². The fourth-order valence-electron chi connectivity index (χ4n) is 2.84. The van der Waals surface area contributed by atoms with Gasteiger partial charge in [-0.3, -0.25) is 0 Å². The van der Waals surface area contributed by atoms with E-state index < -0.39 is 10.0 Å². The molecular weight excluding hydrogens is 378 g/mol. The van der Waals surface area contributed by atoms with Gasteiger partial charge in [0.2, 0.25) is 15.9 Å². The maximum absolute atomic E-state index is 12.9. The van der Waals surface area contributed by atoms with Gasteiger partial charge in [0.05, 0.1) is 12.0 Å². The van der Waals surface area contributed by atoms with Crippen molar-refractivity contribution in [3.63, 3.8) is 0 Å². The Hall–Kier alpha value is -1.90. The Morgan fingerprint density at radius 2 is 1.96 bits per heavy atom. The molecule has 1 aliphatic heterocycles. The summed E-state index contributed by atoms with van der Waals surface area (Å²) < 4.78 is 38.1. The minimum Gasteiger partial charge on any atom is -0.474 e.